The van der Waals surface area contributed by atoms with E-state index in [4.69, 9.17) is 5.73 Å². The Morgan fingerprint density at radius 2 is 2.22 bits per heavy atom. The van der Waals surface area contributed by atoms with E-state index in [0.717, 1.165) is 6.42 Å². The van der Waals surface area contributed by atoms with Gasteiger partial charge in [-0.25, -0.2) is 4.98 Å². The molecule has 2 atom stereocenters. The molecule has 0 bridgehead atoms. The smallest absolute Gasteiger partial charge is 0.287 e. The second-order valence-electron chi connectivity index (χ2n) is 5.84. The molecule has 1 amide bonds. The number of hydrogen-bond acceptors (Lipinski definition) is 6. The minimum absolute atomic E-state index is 0. The van der Waals surface area contributed by atoms with E-state index in [2.05, 4.69) is 10.3 Å². The number of amides is 1. The highest BCUT2D eigenvalue weighted by atomic mass is 35.5. The number of carbonyl (C=O) groups excluding carboxylic acids is 1. The van der Waals surface area contributed by atoms with Crippen molar-refractivity contribution < 1.29 is 9.72 Å². The number of anilines is 1. The van der Waals surface area contributed by atoms with Crippen molar-refractivity contribution >= 4 is 29.8 Å². The zero-order chi connectivity index (χ0) is 16.3. The fourth-order valence-corrected chi connectivity index (χ4v) is 2.36. The maximum atomic E-state index is 12.2. The average Bonchev–Trinajstić information content (AvgIpc) is 2.94. The zero-order valence-corrected chi connectivity index (χ0v) is 14.0. The zero-order valence-electron chi connectivity index (χ0n) is 13.1. The van der Waals surface area contributed by atoms with E-state index in [9.17, 15) is 14.9 Å². The summed E-state index contributed by atoms with van der Waals surface area (Å²) in [4.78, 5) is 28.1. The molecule has 2 rings (SSSR count). The number of rotatable bonds is 5. The van der Waals surface area contributed by atoms with Gasteiger partial charge in [-0.2, -0.15) is 0 Å². The van der Waals surface area contributed by atoms with Crippen LogP contribution in [0.2, 0.25) is 0 Å². The summed E-state index contributed by atoms with van der Waals surface area (Å²) in [5.74, 6) is 0.643. The molecule has 3 N–H and O–H groups in total. The van der Waals surface area contributed by atoms with Gasteiger partial charge in [-0.15, -0.1) is 12.4 Å². The molecule has 1 fully saturated rings. The van der Waals surface area contributed by atoms with Crippen LogP contribution in [0.4, 0.5) is 11.5 Å². The topological polar surface area (TPSA) is 114 Å². The van der Waals surface area contributed by atoms with Gasteiger partial charge in [0.1, 0.15) is 12.0 Å². The largest absolute Gasteiger partial charge is 0.365 e. The number of nitrogens with two attached hydrogens (primary N) is 1. The third-order valence-electron chi connectivity index (χ3n) is 3.81. The highest BCUT2D eigenvalue weighted by molar-refractivity contribution is 5.85. The number of likely N-dealkylation sites (tertiary alicyclic amines) is 1. The summed E-state index contributed by atoms with van der Waals surface area (Å²) in [5.41, 5.74) is 5.85. The molecule has 0 radical (unpaired) electrons. The molecule has 1 aliphatic heterocycles. The molecule has 1 aromatic heterocycles. The summed E-state index contributed by atoms with van der Waals surface area (Å²) in [5, 5.41) is 13.8. The monoisotopic (exact) mass is 343 g/mol. The summed E-state index contributed by atoms with van der Waals surface area (Å²) in [6.07, 6.45) is 2.02. The lowest BCUT2D eigenvalue weighted by Gasteiger charge is -2.23. The van der Waals surface area contributed by atoms with Gasteiger partial charge in [0.2, 0.25) is 5.91 Å². The third kappa shape index (κ3) is 4.77. The lowest BCUT2D eigenvalue weighted by Crippen LogP contribution is -2.46. The number of nitrogens with one attached hydrogen (secondary N) is 1. The number of nitro groups is 1. The number of carbonyl (C=O) groups is 1. The number of halogens is 1. The molecule has 0 aromatic carbocycles. The van der Waals surface area contributed by atoms with Gasteiger partial charge in [0.25, 0.3) is 5.69 Å². The molecule has 0 spiro atoms. The summed E-state index contributed by atoms with van der Waals surface area (Å²) in [6.45, 7) is 5.08. The molecule has 128 valence electrons. The Morgan fingerprint density at radius 1 is 1.52 bits per heavy atom. The first-order valence-corrected chi connectivity index (χ1v) is 7.30. The van der Waals surface area contributed by atoms with E-state index in [1.54, 1.807) is 11.0 Å². The Labute approximate surface area is 141 Å². The van der Waals surface area contributed by atoms with Crippen LogP contribution >= 0.6 is 12.4 Å². The van der Waals surface area contributed by atoms with Crippen molar-refractivity contribution in [2.24, 2.45) is 11.7 Å². The first kappa shape index (κ1) is 19.1. The second kappa shape index (κ2) is 8.07. The molecule has 1 aromatic rings. The number of nitrogens with zero attached hydrogens (tertiary/aromatic N) is 3. The van der Waals surface area contributed by atoms with Crippen molar-refractivity contribution in [3.63, 3.8) is 0 Å². The summed E-state index contributed by atoms with van der Waals surface area (Å²) >= 11 is 0. The second-order valence-corrected chi connectivity index (χ2v) is 5.84. The number of pyridine rings is 1. The van der Waals surface area contributed by atoms with Gasteiger partial charge in [0.15, 0.2) is 0 Å². The Morgan fingerprint density at radius 3 is 2.74 bits per heavy atom. The number of hydrogen-bond donors (Lipinski definition) is 2. The van der Waals surface area contributed by atoms with Crippen LogP contribution in [-0.2, 0) is 4.79 Å². The first-order chi connectivity index (χ1) is 10.4. The van der Waals surface area contributed by atoms with Gasteiger partial charge in [0, 0.05) is 25.2 Å². The van der Waals surface area contributed by atoms with Crippen LogP contribution in [0, 0.1) is 16.0 Å². The minimum atomic E-state index is -0.486. The lowest BCUT2D eigenvalue weighted by atomic mass is 10.0. The van der Waals surface area contributed by atoms with Crippen molar-refractivity contribution in [1.29, 1.82) is 0 Å². The van der Waals surface area contributed by atoms with Crippen LogP contribution < -0.4 is 11.1 Å². The van der Waals surface area contributed by atoms with Crippen molar-refractivity contribution in [1.82, 2.24) is 9.88 Å². The van der Waals surface area contributed by atoms with Crippen molar-refractivity contribution in [3.05, 3.63) is 28.4 Å². The Hall–Kier alpha value is -1.93. The van der Waals surface area contributed by atoms with Crippen LogP contribution in [-0.4, -0.2) is 45.9 Å². The van der Waals surface area contributed by atoms with Crippen molar-refractivity contribution in [2.75, 3.05) is 18.4 Å². The molecule has 9 heteroatoms. The third-order valence-corrected chi connectivity index (χ3v) is 3.81. The molecule has 0 saturated carbocycles. The predicted octanol–water partition coefficient (Wildman–Crippen LogP) is 1.41. The Kier molecular flexibility index (Phi) is 6.71. The van der Waals surface area contributed by atoms with Crippen LogP contribution in [0.3, 0.4) is 0 Å². The summed E-state index contributed by atoms with van der Waals surface area (Å²) in [7, 11) is 0. The van der Waals surface area contributed by atoms with E-state index in [1.807, 2.05) is 13.8 Å². The van der Waals surface area contributed by atoms with Crippen molar-refractivity contribution in [3.8, 4) is 0 Å². The fraction of sp³-hybridized carbons (Fsp3) is 0.571. The standard InChI is InChI=1S/C14H21N5O3.ClH/c1-9(2)13(15)14(20)18-6-5-10(8-18)17-12-4-3-11(7-16-12)19(21)22;/h3-4,7,9-10,13H,5-6,8,15H2,1-2H3,(H,16,17);1H/t10?,13-;/m0./s1. The van der Waals surface area contributed by atoms with Crippen molar-refractivity contribution in [2.45, 2.75) is 32.4 Å². The van der Waals surface area contributed by atoms with Crippen LogP contribution in [0.25, 0.3) is 0 Å². The van der Waals surface area contributed by atoms with Gasteiger partial charge in [-0.1, -0.05) is 13.8 Å². The van der Waals surface area contributed by atoms with Gasteiger partial charge in [-0.05, 0) is 18.4 Å². The molecule has 23 heavy (non-hydrogen) atoms. The summed E-state index contributed by atoms with van der Waals surface area (Å²) in [6, 6.07) is 2.58. The fourth-order valence-electron chi connectivity index (χ4n) is 2.36. The van der Waals surface area contributed by atoms with E-state index >= 15 is 0 Å². The molecular formula is C14H22ClN5O3. The first-order valence-electron chi connectivity index (χ1n) is 7.30. The molecule has 0 aliphatic carbocycles. The van der Waals surface area contributed by atoms with Gasteiger partial charge in [0.05, 0.1) is 11.0 Å². The SMILES string of the molecule is CC(C)[C@H](N)C(=O)N1CCC(Nc2ccc([N+](=O)[O-])cn2)C1.Cl. The van der Waals surface area contributed by atoms with Gasteiger partial charge in [-0.3, -0.25) is 14.9 Å². The molecule has 2 heterocycles. The number of aromatic nitrogens is 1. The highest BCUT2D eigenvalue weighted by Gasteiger charge is 2.30. The molecular weight excluding hydrogens is 322 g/mol. The Bertz CT molecular complexity index is 552. The molecule has 1 saturated heterocycles. The Balaban J connectivity index is 0.00000264. The minimum Gasteiger partial charge on any atom is -0.365 e. The van der Waals surface area contributed by atoms with E-state index in [0.29, 0.717) is 18.9 Å². The molecule has 1 unspecified atom stereocenters. The van der Waals surface area contributed by atoms with Crippen LogP contribution in [0.5, 0.6) is 0 Å². The predicted molar refractivity (Wildman–Crippen MR) is 89.6 cm³/mol. The molecule has 8 nitrogen and oxygen atoms in total. The highest BCUT2D eigenvalue weighted by Crippen LogP contribution is 2.18. The maximum Gasteiger partial charge on any atom is 0.287 e. The average molecular weight is 344 g/mol. The van der Waals surface area contributed by atoms with Gasteiger partial charge < -0.3 is 16.0 Å². The maximum absolute atomic E-state index is 12.2. The van der Waals surface area contributed by atoms with E-state index in [1.165, 1.54) is 12.3 Å². The van der Waals surface area contributed by atoms with Crippen LogP contribution in [0.15, 0.2) is 18.3 Å². The summed E-state index contributed by atoms with van der Waals surface area (Å²) < 4.78 is 0. The van der Waals surface area contributed by atoms with E-state index in [-0.39, 0.29) is 36.0 Å². The lowest BCUT2D eigenvalue weighted by molar-refractivity contribution is -0.385. The van der Waals surface area contributed by atoms with Crippen LogP contribution in [0.1, 0.15) is 20.3 Å². The van der Waals surface area contributed by atoms with Gasteiger partial charge >= 0.3 is 0 Å². The molecule has 1 aliphatic rings. The normalized spacial score (nSPS) is 18.4. The quantitative estimate of drug-likeness (QED) is 0.617. The van der Waals surface area contributed by atoms with E-state index < -0.39 is 11.0 Å².